The Morgan fingerprint density at radius 1 is 1.15 bits per heavy atom. The zero-order valence-corrected chi connectivity index (χ0v) is 11.8. The van der Waals surface area contributed by atoms with Gasteiger partial charge in [0, 0.05) is 13.3 Å². The minimum atomic E-state index is -0.296. The molecule has 106 valence electrons. The lowest BCUT2D eigenvalue weighted by Crippen LogP contribution is -2.21. The molecule has 0 fully saturated rings. The fraction of sp³-hybridized carbons (Fsp3) is 0.312. The van der Waals surface area contributed by atoms with Crippen LogP contribution >= 0.6 is 0 Å². The molecule has 0 saturated heterocycles. The molecule has 20 heavy (non-hydrogen) atoms. The van der Waals surface area contributed by atoms with Crippen LogP contribution in [0.5, 0.6) is 5.75 Å². The van der Waals surface area contributed by atoms with E-state index in [1.54, 1.807) is 19.5 Å². The second kappa shape index (κ2) is 7.03. The number of pyridine rings is 1. The lowest BCUT2D eigenvalue weighted by molar-refractivity contribution is 0.0800. The number of hydrogen-bond donors (Lipinski definition) is 1. The third-order valence-corrected chi connectivity index (χ3v) is 3.14. The Labute approximate surface area is 119 Å². The topological polar surface area (TPSA) is 57.4 Å². The van der Waals surface area contributed by atoms with E-state index in [0.29, 0.717) is 6.61 Å². The molecule has 2 atom stereocenters. The van der Waals surface area contributed by atoms with Gasteiger partial charge in [-0.25, -0.2) is 0 Å². The number of aromatic nitrogens is 1. The zero-order valence-electron chi connectivity index (χ0n) is 11.8. The second-order valence-corrected chi connectivity index (χ2v) is 4.48. The third-order valence-electron chi connectivity index (χ3n) is 3.14. The standard InChI is InChI=1S/C16H20N2O2/c1-3-20-14-9-13(10-18-11-14)15(17)16(19-2)12-7-5-4-6-8-12/h4-11,15-16H,3,17H2,1-2H3. The van der Waals surface area contributed by atoms with Crippen LogP contribution in [0.1, 0.15) is 30.2 Å². The summed E-state index contributed by atoms with van der Waals surface area (Å²) in [5.41, 5.74) is 8.27. The van der Waals surface area contributed by atoms with Crippen LogP contribution in [-0.2, 0) is 4.74 Å². The summed E-state index contributed by atoms with van der Waals surface area (Å²) in [6, 6.07) is 11.6. The van der Waals surface area contributed by atoms with Gasteiger partial charge in [-0.3, -0.25) is 4.98 Å². The van der Waals surface area contributed by atoms with Crippen LogP contribution in [-0.4, -0.2) is 18.7 Å². The van der Waals surface area contributed by atoms with Gasteiger partial charge < -0.3 is 15.2 Å². The predicted octanol–water partition coefficient (Wildman–Crippen LogP) is 2.87. The predicted molar refractivity (Wildman–Crippen MR) is 78.5 cm³/mol. The number of ether oxygens (including phenoxy) is 2. The summed E-state index contributed by atoms with van der Waals surface area (Å²) in [5, 5.41) is 0. The maximum Gasteiger partial charge on any atom is 0.137 e. The van der Waals surface area contributed by atoms with E-state index in [1.807, 2.05) is 43.3 Å². The van der Waals surface area contributed by atoms with Gasteiger partial charge in [0.1, 0.15) is 11.9 Å². The molecule has 2 aromatic rings. The van der Waals surface area contributed by atoms with Gasteiger partial charge in [-0.05, 0) is 24.1 Å². The summed E-state index contributed by atoms with van der Waals surface area (Å²) in [7, 11) is 1.66. The summed E-state index contributed by atoms with van der Waals surface area (Å²) >= 11 is 0. The number of benzene rings is 1. The van der Waals surface area contributed by atoms with Crippen molar-refractivity contribution in [3.63, 3.8) is 0 Å². The van der Waals surface area contributed by atoms with Crippen LogP contribution in [0.25, 0.3) is 0 Å². The highest BCUT2D eigenvalue weighted by atomic mass is 16.5. The summed E-state index contributed by atoms with van der Waals surface area (Å²) in [4.78, 5) is 4.17. The van der Waals surface area contributed by atoms with E-state index in [-0.39, 0.29) is 12.1 Å². The Bertz CT molecular complexity index is 531. The monoisotopic (exact) mass is 272 g/mol. The van der Waals surface area contributed by atoms with Gasteiger partial charge in [0.2, 0.25) is 0 Å². The second-order valence-electron chi connectivity index (χ2n) is 4.48. The van der Waals surface area contributed by atoms with E-state index in [2.05, 4.69) is 4.98 Å². The van der Waals surface area contributed by atoms with Crippen LogP contribution in [0, 0.1) is 0 Å². The molecule has 1 heterocycles. The Hall–Kier alpha value is -1.91. The fourth-order valence-corrected chi connectivity index (χ4v) is 2.17. The number of methoxy groups -OCH3 is 1. The van der Waals surface area contributed by atoms with Crippen LogP contribution in [0.2, 0.25) is 0 Å². The van der Waals surface area contributed by atoms with Gasteiger partial charge in [0.25, 0.3) is 0 Å². The molecular formula is C16H20N2O2. The van der Waals surface area contributed by atoms with Crippen LogP contribution < -0.4 is 10.5 Å². The summed E-state index contributed by atoms with van der Waals surface area (Å²) in [6.07, 6.45) is 3.22. The number of hydrogen-bond acceptors (Lipinski definition) is 4. The average Bonchev–Trinajstić information content (AvgIpc) is 2.50. The Balaban J connectivity index is 2.24. The lowest BCUT2D eigenvalue weighted by atomic mass is 9.97. The molecule has 0 bridgehead atoms. The van der Waals surface area contributed by atoms with E-state index in [4.69, 9.17) is 15.2 Å². The third kappa shape index (κ3) is 3.35. The van der Waals surface area contributed by atoms with Crippen molar-refractivity contribution in [2.24, 2.45) is 5.73 Å². The van der Waals surface area contributed by atoms with Gasteiger partial charge in [0.15, 0.2) is 0 Å². The van der Waals surface area contributed by atoms with E-state index in [1.165, 1.54) is 0 Å². The van der Waals surface area contributed by atoms with Gasteiger partial charge in [-0.1, -0.05) is 30.3 Å². The van der Waals surface area contributed by atoms with Crippen molar-refractivity contribution in [1.29, 1.82) is 0 Å². The van der Waals surface area contributed by atoms with E-state index in [0.717, 1.165) is 16.9 Å². The quantitative estimate of drug-likeness (QED) is 0.878. The first kappa shape index (κ1) is 14.5. The highest BCUT2D eigenvalue weighted by Crippen LogP contribution is 2.30. The number of nitrogens with two attached hydrogens (primary N) is 1. The summed E-state index contributed by atoms with van der Waals surface area (Å²) in [5.74, 6) is 0.725. The highest BCUT2D eigenvalue weighted by molar-refractivity contribution is 5.29. The van der Waals surface area contributed by atoms with Crippen LogP contribution in [0.4, 0.5) is 0 Å². The first-order chi connectivity index (χ1) is 9.76. The maximum atomic E-state index is 6.33. The first-order valence-electron chi connectivity index (χ1n) is 6.67. The van der Waals surface area contributed by atoms with Gasteiger partial charge in [-0.15, -0.1) is 0 Å². The van der Waals surface area contributed by atoms with Gasteiger partial charge in [-0.2, -0.15) is 0 Å². The Kier molecular flexibility index (Phi) is 5.09. The van der Waals surface area contributed by atoms with Gasteiger partial charge >= 0.3 is 0 Å². The summed E-state index contributed by atoms with van der Waals surface area (Å²) in [6.45, 7) is 2.54. The molecule has 0 saturated carbocycles. The van der Waals surface area contributed by atoms with Crippen molar-refractivity contribution in [2.75, 3.05) is 13.7 Å². The minimum Gasteiger partial charge on any atom is -0.492 e. The zero-order chi connectivity index (χ0) is 14.4. The number of rotatable bonds is 6. The molecule has 1 aromatic carbocycles. The molecule has 4 nitrogen and oxygen atoms in total. The normalized spacial score (nSPS) is 13.8. The van der Waals surface area contributed by atoms with Crippen molar-refractivity contribution in [3.05, 3.63) is 59.9 Å². The molecule has 0 aliphatic carbocycles. The highest BCUT2D eigenvalue weighted by Gasteiger charge is 2.21. The summed E-state index contributed by atoms with van der Waals surface area (Å²) < 4.78 is 11.0. The van der Waals surface area contributed by atoms with Crippen molar-refractivity contribution < 1.29 is 9.47 Å². The molecule has 0 radical (unpaired) electrons. The molecule has 4 heteroatoms. The van der Waals surface area contributed by atoms with Gasteiger partial charge in [0.05, 0.1) is 18.8 Å². The number of nitrogens with zero attached hydrogens (tertiary/aromatic N) is 1. The SMILES string of the molecule is CCOc1cncc(C(N)C(OC)c2ccccc2)c1. The fourth-order valence-electron chi connectivity index (χ4n) is 2.17. The Morgan fingerprint density at radius 3 is 2.55 bits per heavy atom. The molecule has 0 aliphatic rings. The molecule has 0 amide bonds. The molecule has 2 rings (SSSR count). The van der Waals surface area contributed by atoms with E-state index in [9.17, 15) is 0 Å². The van der Waals surface area contributed by atoms with Crippen molar-refractivity contribution in [2.45, 2.75) is 19.1 Å². The molecule has 0 aliphatic heterocycles. The van der Waals surface area contributed by atoms with Crippen LogP contribution in [0.3, 0.4) is 0 Å². The van der Waals surface area contributed by atoms with E-state index >= 15 is 0 Å². The first-order valence-corrected chi connectivity index (χ1v) is 6.67. The van der Waals surface area contributed by atoms with Crippen molar-refractivity contribution in [1.82, 2.24) is 4.98 Å². The molecular weight excluding hydrogens is 252 g/mol. The molecule has 0 spiro atoms. The largest absolute Gasteiger partial charge is 0.492 e. The average molecular weight is 272 g/mol. The molecule has 1 aromatic heterocycles. The van der Waals surface area contributed by atoms with Crippen LogP contribution in [0.15, 0.2) is 48.8 Å². The van der Waals surface area contributed by atoms with E-state index < -0.39 is 0 Å². The minimum absolute atomic E-state index is 0.213. The smallest absolute Gasteiger partial charge is 0.137 e. The Morgan fingerprint density at radius 2 is 1.90 bits per heavy atom. The molecule has 2 N–H and O–H groups in total. The van der Waals surface area contributed by atoms with Crippen molar-refractivity contribution >= 4 is 0 Å². The molecule has 2 unspecified atom stereocenters. The maximum absolute atomic E-state index is 6.33. The van der Waals surface area contributed by atoms with Crippen molar-refractivity contribution in [3.8, 4) is 5.75 Å². The lowest BCUT2D eigenvalue weighted by Gasteiger charge is -2.23.